The Morgan fingerprint density at radius 2 is 2.30 bits per heavy atom. The summed E-state index contributed by atoms with van der Waals surface area (Å²) in [6, 6.07) is 0. The molecule has 0 spiro atoms. The average molecular weight is 137 g/mol. The fourth-order valence-electron chi connectivity index (χ4n) is 0.537. The molecule has 0 saturated heterocycles. The van der Waals surface area contributed by atoms with Gasteiger partial charge in [-0.1, -0.05) is 36.0 Å². The minimum Gasteiger partial charge on any atom is -0.411 e. The molecule has 0 aromatic rings. The van der Waals surface area contributed by atoms with E-state index < -0.39 is 0 Å². The van der Waals surface area contributed by atoms with Crippen LogP contribution in [0.4, 0.5) is 0 Å². The van der Waals surface area contributed by atoms with Crippen LogP contribution in [0.2, 0.25) is 0 Å². The van der Waals surface area contributed by atoms with Gasteiger partial charge in [-0.2, -0.15) is 0 Å². The molecule has 0 aliphatic carbocycles. The first kappa shape index (κ1) is 8.69. The Morgan fingerprint density at radius 3 is 2.70 bits per heavy atom. The molecule has 2 heteroatoms. The van der Waals surface area contributed by atoms with Crippen molar-refractivity contribution in [2.75, 3.05) is 0 Å². The van der Waals surface area contributed by atoms with Crippen molar-refractivity contribution in [3.63, 3.8) is 0 Å². The molecule has 0 bridgehead atoms. The highest BCUT2D eigenvalue weighted by Gasteiger charge is 1.80. The second-order valence-electron chi connectivity index (χ2n) is 1.65. The van der Waals surface area contributed by atoms with Crippen LogP contribution in [0.3, 0.4) is 0 Å². The van der Waals surface area contributed by atoms with Gasteiger partial charge in [-0.05, 0) is 12.5 Å². The average Bonchev–Trinajstić information content (AvgIpc) is 1.90. The van der Waals surface area contributed by atoms with E-state index in [-0.39, 0.29) is 0 Å². The Hall–Kier alpha value is -1.31. The van der Waals surface area contributed by atoms with E-state index in [9.17, 15) is 0 Å². The molecule has 0 radical (unpaired) electrons. The van der Waals surface area contributed by atoms with Crippen LogP contribution < -0.4 is 0 Å². The third-order valence-corrected chi connectivity index (χ3v) is 0.876. The molecule has 0 fully saturated rings. The Morgan fingerprint density at radius 1 is 1.60 bits per heavy atom. The van der Waals surface area contributed by atoms with Gasteiger partial charge in [0.1, 0.15) is 0 Å². The van der Waals surface area contributed by atoms with E-state index in [0.29, 0.717) is 0 Å². The molecule has 0 aliphatic rings. The maximum Gasteiger partial charge on any atom is 0.0733 e. The molecule has 0 rings (SSSR count). The van der Waals surface area contributed by atoms with Gasteiger partial charge in [0.15, 0.2) is 0 Å². The molecule has 10 heavy (non-hydrogen) atoms. The first-order valence-electron chi connectivity index (χ1n) is 2.98. The highest BCUT2D eigenvalue weighted by Crippen LogP contribution is 1.92. The van der Waals surface area contributed by atoms with Crippen molar-refractivity contribution < 1.29 is 5.21 Å². The van der Waals surface area contributed by atoms with Crippen molar-refractivity contribution in [1.82, 2.24) is 0 Å². The van der Waals surface area contributed by atoms with E-state index in [4.69, 9.17) is 5.21 Å². The lowest BCUT2D eigenvalue weighted by Gasteiger charge is -1.85. The van der Waals surface area contributed by atoms with E-state index in [1.165, 1.54) is 6.21 Å². The van der Waals surface area contributed by atoms with Gasteiger partial charge in [0.05, 0.1) is 6.21 Å². The second kappa shape index (κ2) is 5.82. The molecule has 1 N–H and O–H groups in total. The number of rotatable bonds is 3. The lowest BCUT2D eigenvalue weighted by atomic mass is 10.2. The molecule has 0 atom stereocenters. The monoisotopic (exact) mass is 137 g/mol. The molecular formula is C8H11NO. The van der Waals surface area contributed by atoms with Crippen LogP contribution in [0, 0.1) is 0 Å². The summed E-state index contributed by atoms with van der Waals surface area (Å²) >= 11 is 0. The number of nitrogens with zero attached hydrogens (tertiary/aromatic N) is 1. The van der Waals surface area contributed by atoms with Crippen LogP contribution in [-0.2, 0) is 0 Å². The van der Waals surface area contributed by atoms with Crippen LogP contribution in [0.1, 0.15) is 6.92 Å². The molecular weight excluding hydrogens is 126 g/mol. The van der Waals surface area contributed by atoms with Crippen molar-refractivity contribution in [3.05, 3.63) is 36.5 Å². The zero-order valence-electron chi connectivity index (χ0n) is 5.99. The summed E-state index contributed by atoms with van der Waals surface area (Å²) in [5, 5.41) is 11.0. The van der Waals surface area contributed by atoms with Gasteiger partial charge in [0.2, 0.25) is 0 Å². The molecule has 54 valence electrons. The highest BCUT2D eigenvalue weighted by atomic mass is 16.4. The summed E-state index contributed by atoms with van der Waals surface area (Å²) in [6.45, 7) is 5.40. The normalized spacial score (nSPS) is 13.1. The highest BCUT2D eigenvalue weighted by molar-refractivity contribution is 5.82. The van der Waals surface area contributed by atoms with E-state index in [1.54, 1.807) is 12.2 Å². The number of hydrogen-bond donors (Lipinski definition) is 1. The summed E-state index contributed by atoms with van der Waals surface area (Å²) in [6.07, 6.45) is 8.41. The largest absolute Gasteiger partial charge is 0.411 e. The lowest BCUT2D eigenvalue weighted by molar-refractivity contribution is 0.322. The van der Waals surface area contributed by atoms with Crippen LogP contribution in [0.5, 0.6) is 0 Å². The molecule has 0 amide bonds. The van der Waals surface area contributed by atoms with Crippen molar-refractivity contribution in [3.8, 4) is 0 Å². The zero-order chi connectivity index (χ0) is 7.82. The Bertz CT molecular complexity index is 164. The molecule has 0 saturated carbocycles. The second-order valence-corrected chi connectivity index (χ2v) is 1.65. The number of allylic oxidation sites excluding steroid dienone is 5. The predicted molar refractivity (Wildman–Crippen MR) is 43.4 cm³/mol. The van der Waals surface area contributed by atoms with Gasteiger partial charge in [-0.3, -0.25) is 0 Å². The Kier molecular flexibility index (Phi) is 5.06. The van der Waals surface area contributed by atoms with Crippen LogP contribution in [-0.4, -0.2) is 11.4 Å². The molecule has 0 aromatic heterocycles. The molecule has 0 unspecified atom stereocenters. The van der Waals surface area contributed by atoms with Crippen LogP contribution in [0.15, 0.2) is 41.6 Å². The standard InChI is InChI=1S/C8H11NO/c1-3-5-8(6-4-2)7-9-10/h3-7,10H,1H2,2H3/b6-4-,8-5+,9-7?. The van der Waals surface area contributed by atoms with Gasteiger partial charge in [-0.15, -0.1) is 0 Å². The van der Waals surface area contributed by atoms with Crippen molar-refractivity contribution in [2.45, 2.75) is 6.92 Å². The van der Waals surface area contributed by atoms with E-state index >= 15 is 0 Å². The SMILES string of the molecule is C=C/C=C(C=NO)\C=C/C. The third kappa shape index (κ3) is 3.66. The van der Waals surface area contributed by atoms with Crippen LogP contribution >= 0.6 is 0 Å². The molecule has 0 heterocycles. The topological polar surface area (TPSA) is 32.6 Å². The smallest absolute Gasteiger partial charge is 0.0733 e. The summed E-state index contributed by atoms with van der Waals surface area (Å²) in [5.41, 5.74) is 0.819. The molecule has 0 aliphatic heterocycles. The lowest BCUT2D eigenvalue weighted by Crippen LogP contribution is -1.77. The van der Waals surface area contributed by atoms with Gasteiger partial charge < -0.3 is 5.21 Å². The van der Waals surface area contributed by atoms with Crippen molar-refractivity contribution >= 4 is 6.21 Å². The summed E-state index contributed by atoms with van der Waals surface area (Å²) in [4.78, 5) is 0. The molecule has 2 nitrogen and oxygen atoms in total. The minimum absolute atomic E-state index is 0.819. The Labute approximate surface area is 60.9 Å². The zero-order valence-corrected chi connectivity index (χ0v) is 5.99. The quantitative estimate of drug-likeness (QED) is 0.275. The minimum atomic E-state index is 0.819. The van der Waals surface area contributed by atoms with E-state index in [2.05, 4.69) is 11.7 Å². The first-order valence-corrected chi connectivity index (χ1v) is 2.98. The van der Waals surface area contributed by atoms with Crippen molar-refractivity contribution in [1.29, 1.82) is 0 Å². The fourth-order valence-corrected chi connectivity index (χ4v) is 0.537. The number of oxime groups is 1. The number of hydrogen-bond acceptors (Lipinski definition) is 2. The predicted octanol–water partition coefficient (Wildman–Crippen LogP) is 2.13. The Balaban J connectivity index is 4.25. The summed E-state index contributed by atoms with van der Waals surface area (Å²) in [7, 11) is 0. The first-order chi connectivity index (χ1) is 4.85. The van der Waals surface area contributed by atoms with Crippen LogP contribution in [0.25, 0.3) is 0 Å². The van der Waals surface area contributed by atoms with E-state index in [0.717, 1.165) is 5.57 Å². The van der Waals surface area contributed by atoms with Gasteiger partial charge in [0, 0.05) is 0 Å². The summed E-state index contributed by atoms with van der Waals surface area (Å²) < 4.78 is 0. The maximum atomic E-state index is 8.15. The van der Waals surface area contributed by atoms with Gasteiger partial charge in [-0.25, -0.2) is 0 Å². The summed E-state index contributed by atoms with van der Waals surface area (Å²) in [5.74, 6) is 0. The van der Waals surface area contributed by atoms with Gasteiger partial charge in [0.25, 0.3) is 0 Å². The maximum absolute atomic E-state index is 8.15. The third-order valence-electron chi connectivity index (χ3n) is 0.876. The van der Waals surface area contributed by atoms with Gasteiger partial charge >= 0.3 is 0 Å². The molecule has 0 aromatic carbocycles. The van der Waals surface area contributed by atoms with E-state index in [1.807, 2.05) is 19.1 Å². The fraction of sp³-hybridized carbons (Fsp3) is 0.125. The van der Waals surface area contributed by atoms with Crippen molar-refractivity contribution in [2.24, 2.45) is 5.16 Å².